The molecule has 2 heterocycles. The molecule has 0 aliphatic carbocycles. The summed E-state index contributed by atoms with van der Waals surface area (Å²) in [7, 11) is 0. The molecule has 0 atom stereocenters. The number of hydrogen-bond donors (Lipinski definition) is 0. The minimum absolute atomic E-state index is 0.177. The number of hydrogen-bond acceptors (Lipinski definition) is 3. The van der Waals surface area contributed by atoms with Crippen LogP contribution < -0.4 is 0 Å². The van der Waals surface area contributed by atoms with Gasteiger partial charge < -0.3 is 14.5 Å². The minimum atomic E-state index is 0.177. The maximum Gasteiger partial charge on any atom is 0.248 e. The van der Waals surface area contributed by atoms with E-state index in [-0.39, 0.29) is 12.5 Å². The van der Waals surface area contributed by atoms with E-state index in [4.69, 9.17) is 4.74 Å². The molecule has 100 valence electrons. The highest BCUT2D eigenvalue weighted by Gasteiger charge is 2.29. The fraction of sp³-hybridized carbons (Fsp3) is 0.923. The number of carbonyl (C=O) groups excluding carboxylic acids is 1. The Morgan fingerprint density at radius 3 is 2.41 bits per heavy atom. The summed E-state index contributed by atoms with van der Waals surface area (Å²) in [6, 6.07) is 0.462. The largest absolute Gasteiger partial charge is 0.370 e. The van der Waals surface area contributed by atoms with E-state index in [2.05, 4.69) is 11.8 Å². The Hall–Kier alpha value is -0.610. The van der Waals surface area contributed by atoms with Gasteiger partial charge in [-0.2, -0.15) is 0 Å². The molecule has 4 nitrogen and oxygen atoms in total. The first-order valence-electron chi connectivity index (χ1n) is 6.91. The van der Waals surface area contributed by atoms with Gasteiger partial charge in [-0.05, 0) is 19.4 Å². The SMILES string of the molecule is CC.CCN1CCC(N2CCOCC2=O)CC1. The summed E-state index contributed by atoms with van der Waals surface area (Å²) in [4.78, 5) is 16.1. The monoisotopic (exact) mass is 242 g/mol. The maximum atomic E-state index is 11.6. The Bertz CT molecular complexity index is 225. The third-order valence-electron chi connectivity index (χ3n) is 3.47. The van der Waals surface area contributed by atoms with Crippen LogP contribution in [-0.2, 0) is 9.53 Å². The summed E-state index contributed by atoms with van der Waals surface area (Å²) in [6.07, 6.45) is 2.25. The molecule has 2 aliphatic heterocycles. The molecule has 0 aromatic carbocycles. The van der Waals surface area contributed by atoms with Crippen LogP contribution in [0, 0.1) is 0 Å². The van der Waals surface area contributed by atoms with Gasteiger partial charge in [0, 0.05) is 25.7 Å². The summed E-state index contributed by atoms with van der Waals surface area (Å²) in [6.45, 7) is 11.4. The van der Waals surface area contributed by atoms with Crippen LogP contribution in [0.5, 0.6) is 0 Å². The molecule has 0 spiro atoms. The van der Waals surface area contributed by atoms with Crippen LogP contribution in [0.25, 0.3) is 0 Å². The zero-order valence-corrected chi connectivity index (χ0v) is 11.4. The van der Waals surface area contributed by atoms with Crippen molar-refractivity contribution in [1.29, 1.82) is 0 Å². The molecule has 2 aliphatic rings. The average Bonchev–Trinajstić information content (AvgIpc) is 2.42. The highest BCUT2D eigenvalue weighted by molar-refractivity contribution is 5.78. The molecule has 0 unspecified atom stereocenters. The number of rotatable bonds is 2. The van der Waals surface area contributed by atoms with E-state index in [1.807, 2.05) is 18.7 Å². The Labute approximate surface area is 105 Å². The molecule has 0 N–H and O–H groups in total. The summed E-state index contributed by atoms with van der Waals surface area (Å²) >= 11 is 0. The first-order chi connectivity index (χ1) is 8.31. The zero-order chi connectivity index (χ0) is 12.7. The first kappa shape index (κ1) is 14.5. The van der Waals surface area contributed by atoms with Gasteiger partial charge >= 0.3 is 0 Å². The standard InChI is InChI=1S/C11H20N2O2.C2H6/c1-2-12-5-3-10(4-6-12)13-7-8-15-9-11(13)14;1-2/h10H,2-9H2,1H3;1-2H3. The van der Waals surface area contributed by atoms with Crippen molar-refractivity contribution >= 4 is 5.91 Å². The molecule has 2 saturated heterocycles. The summed E-state index contributed by atoms with van der Waals surface area (Å²) in [5, 5.41) is 0. The first-order valence-corrected chi connectivity index (χ1v) is 6.91. The molecular formula is C13H26N2O2. The summed E-state index contributed by atoms with van der Waals surface area (Å²) in [5.74, 6) is 0.177. The van der Waals surface area contributed by atoms with Crippen molar-refractivity contribution in [3.63, 3.8) is 0 Å². The lowest BCUT2D eigenvalue weighted by atomic mass is 10.0. The van der Waals surface area contributed by atoms with E-state index in [1.165, 1.54) is 0 Å². The van der Waals surface area contributed by atoms with Gasteiger partial charge in [0.05, 0.1) is 6.61 Å². The molecule has 0 aromatic heterocycles. The Kier molecular flexibility index (Phi) is 6.52. The molecule has 0 saturated carbocycles. The van der Waals surface area contributed by atoms with E-state index >= 15 is 0 Å². The second-order valence-electron chi connectivity index (χ2n) is 4.31. The van der Waals surface area contributed by atoms with Gasteiger partial charge in [-0.3, -0.25) is 4.79 Å². The van der Waals surface area contributed by atoms with Gasteiger partial charge in [-0.25, -0.2) is 0 Å². The van der Waals surface area contributed by atoms with Crippen molar-refractivity contribution in [2.24, 2.45) is 0 Å². The molecule has 1 amide bonds. The zero-order valence-electron chi connectivity index (χ0n) is 11.4. The summed E-state index contributed by atoms with van der Waals surface area (Å²) < 4.78 is 5.14. The number of carbonyl (C=O) groups is 1. The van der Waals surface area contributed by atoms with Crippen LogP contribution in [0.2, 0.25) is 0 Å². The molecule has 0 bridgehead atoms. The predicted molar refractivity (Wildman–Crippen MR) is 69.0 cm³/mol. The smallest absolute Gasteiger partial charge is 0.248 e. The lowest BCUT2D eigenvalue weighted by molar-refractivity contribution is -0.146. The molecule has 17 heavy (non-hydrogen) atoms. The molecule has 4 heteroatoms. The number of morpholine rings is 1. The van der Waals surface area contributed by atoms with Crippen LogP contribution in [-0.4, -0.2) is 61.1 Å². The topological polar surface area (TPSA) is 32.8 Å². The van der Waals surface area contributed by atoms with Crippen molar-refractivity contribution in [3.05, 3.63) is 0 Å². The van der Waals surface area contributed by atoms with Crippen LogP contribution in [0.4, 0.5) is 0 Å². The average molecular weight is 242 g/mol. The second kappa shape index (κ2) is 7.67. The van der Waals surface area contributed by atoms with Gasteiger partial charge in [0.1, 0.15) is 6.61 Å². The minimum Gasteiger partial charge on any atom is -0.370 e. The molecule has 2 rings (SSSR count). The lowest BCUT2D eigenvalue weighted by Gasteiger charge is -2.39. The Morgan fingerprint density at radius 2 is 1.88 bits per heavy atom. The van der Waals surface area contributed by atoms with Crippen molar-refractivity contribution in [3.8, 4) is 0 Å². The number of amides is 1. The van der Waals surface area contributed by atoms with Gasteiger partial charge in [0.15, 0.2) is 0 Å². The second-order valence-corrected chi connectivity index (χ2v) is 4.31. The highest BCUT2D eigenvalue weighted by atomic mass is 16.5. The van der Waals surface area contributed by atoms with Crippen molar-refractivity contribution in [2.75, 3.05) is 39.4 Å². The van der Waals surface area contributed by atoms with Crippen molar-refractivity contribution in [2.45, 2.75) is 39.7 Å². The van der Waals surface area contributed by atoms with Crippen LogP contribution >= 0.6 is 0 Å². The van der Waals surface area contributed by atoms with Crippen LogP contribution in [0.15, 0.2) is 0 Å². The van der Waals surface area contributed by atoms with Crippen molar-refractivity contribution in [1.82, 2.24) is 9.80 Å². The van der Waals surface area contributed by atoms with Crippen LogP contribution in [0.3, 0.4) is 0 Å². The summed E-state index contributed by atoms with van der Waals surface area (Å²) in [5.41, 5.74) is 0. The number of nitrogens with zero attached hydrogens (tertiary/aromatic N) is 2. The van der Waals surface area contributed by atoms with Crippen LogP contribution in [0.1, 0.15) is 33.6 Å². The predicted octanol–water partition coefficient (Wildman–Crippen LogP) is 1.36. The van der Waals surface area contributed by atoms with Gasteiger partial charge in [0.25, 0.3) is 0 Å². The Balaban J connectivity index is 0.000000686. The maximum absolute atomic E-state index is 11.6. The molecule has 0 aromatic rings. The van der Waals surface area contributed by atoms with E-state index in [0.29, 0.717) is 12.6 Å². The van der Waals surface area contributed by atoms with Crippen molar-refractivity contribution < 1.29 is 9.53 Å². The van der Waals surface area contributed by atoms with E-state index < -0.39 is 0 Å². The van der Waals surface area contributed by atoms with Gasteiger partial charge in [-0.1, -0.05) is 20.8 Å². The fourth-order valence-electron chi connectivity index (χ4n) is 2.46. The van der Waals surface area contributed by atoms with Gasteiger partial charge in [-0.15, -0.1) is 0 Å². The van der Waals surface area contributed by atoms with E-state index in [0.717, 1.165) is 39.0 Å². The third kappa shape index (κ3) is 3.96. The van der Waals surface area contributed by atoms with E-state index in [1.54, 1.807) is 0 Å². The highest BCUT2D eigenvalue weighted by Crippen LogP contribution is 2.17. The third-order valence-corrected chi connectivity index (χ3v) is 3.47. The number of ether oxygens (including phenoxy) is 1. The molecular weight excluding hydrogens is 216 g/mol. The Morgan fingerprint density at radius 1 is 1.24 bits per heavy atom. The molecule has 2 fully saturated rings. The van der Waals surface area contributed by atoms with Gasteiger partial charge in [0.2, 0.25) is 5.91 Å². The normalized spacial score (nSPS) is 23.2. The fourth-order valence-corrected chi connectivity index (χ4v) is 2.46. The lowest BCUT2D eigenvalue weighted by Crippen LogP contribution is -2.51. The van der Waals surface area contributed by atoms with E-state index in [9.17, 15) is 4.79 Å². The molecule has 0 radical (unpaired) electrons. The quantitative estimate of drug-likeness (QED) is 0.733. The number of piperidine rings is 1. The number of likely N-dealkylation sites (tertiary alicyclic amines) is 1.